The van der Waals surface area contributed by atoms with Crippen LogP contribution < -0.4 is 5.32 Å². The summed E-state index contributed by atoms with van der Waals surface area (Å²) in [5.74, 6) is -0.258. The zero-order valence-corrected chi connectivity index (χ0v) is 13.4. The molecule has 1 fully saturated rings. The van der Waals surface area contributed by atoms with E-state index in [0.29, 0.717) is 11.5 Å². The number of rotatable bonds is 3. The first-order valence-electron chi connectivity index (χ1n) is 8.07. The molecule has 1 N–H and O–H groups in total. The molecule has 1 saturated carbocycles. The minimum Gasteiger partial charge on any atom is -0.312 e. The molecule has 0 aromatic heterocycles. The SMILES string of the molecule is CC(C)(C)NCC1CCCCCC1c1ccc(F)cc1F. The van der Waals surface area contributed by atoms with Crippen molar-refractivity contribution in [3.05, 3.63) is 35.4 Å². The van der Waals surface area contributed by atoms with Gasteiger partial charge in [-0.15, -0.1) is 0 Å². The number of halogens is 2. The van der Waals surface area contributed by atoms with Gasteiger partial charge < -0.3 is 5.32 Å². The van der Waals surface area contributed by atoms with E-state index in [4.69, 9.17) is 0 Å². The summed E-state index contributed by atoms with van der Waals surface area (Å²) in [6.45, 7) is 7.34. The van der Waals surface area contributed by atoms with Crippen molar-refractivity contribution in [1.82, 2.24) is 5.32 Å². The van der Waals surface area contributed by atoms with E-state index in [1.165, 1.54) is 18.9 Å². The van der Waals surface area contributed by atoms with Crippen LogP contribution in [-0.4, -0.2) is 12.1 Å². The molecule has 0 heterocycles. The maximum absolute atomic E-state index is 14.2. The summed E-state index contributed by atoms with van der Waals surface area (Å²) in [4.78, 5) is 0. The highest BCUT2D eigenvalue weighted by molar-refractivity contribution is 5.24. The van der Waals surface area contributed by atoms with Crippen LogP contribution in [0, 0.1) is 17.6 Å². The molecule has 0 amide bonds. The molecule has 21 heavy (non-hydrogen) atoms. The first kappa shape index (κ1) is 16.4. The van der Waals surface area contributed by atoms with Gasteiger partial charge in [0, 0.05) is 11.6 Å². The predicted octanol–water partition coefficient (Wildman–Crippen LogP) is 5.02. The van der Waals surface area contributed by atoms with E-state index < -0.39 is 5.82 Å². The van der Waals surface area contributed by atoms with Crippen molar-refractivity contribution in [3.8, 4) is 0 Å². The summed E-state index contributed by atoms with van der Waals surface area (Å²) < 4.78 is 27.3. The standard InChI is InChI=1S/C18H27F2N/c1-18(2,3)21-12-13-7-5-4-6-8-15(13)16-10-9-14(19)11-17(16)20/h9-11,13,15,21H,4-8,12H2,1-3H3. The Morgan fingerprint density at radius 3 is 2.48 bits per heavy atom. The lowest BCUT2D eigenvalue weighted by atomic mass is 9.81. The van der Waals surface area contributed by atoms with Crippen molar-refractivity contribution >= 4 is 0 Å². The van der Waals surface area contributed by atoms with Crippen molar-refractivity contribution in [2.24, 2.45) is 5.92 Å². The second-order valence-electron chi connectivity index (χ2n) is 7.30. The highest BCUT2D eigenvalue weighted by Crippen LogP contribution is 2.37. The van der Waals surface area contributed by atoms with E-state index in [-0.39, 0.29) is 17.3 Å². The normalized spacial score (nSPS) is 23.9. The van der Waals surface area contributed by atoms with Crippen molar-refractivity contribution in [1.29, 1.82) is 0 Å². The Bertz CT molecular complexity index is 465. The van der Waals surface area contributed by atoms with Gasteiger partial charge >= 0.3 is 0 Å². The number of benzene rings is 1. The molecule has 0 radical (unpaired) electrons. The minimum atomic E-state index is -0.491. The Labute approximate surface area is 127 Å². The average Bonchev–Trinajstić information content (AvgIpc) is 2.61. The Kier molecular flexibility index (Phi) is 5.37. The molecule has 2 unspecified atom stereocenters. The van der Waals surface area contributed by atoms with Gasteiger partial charge in [0.1, 0.15) is 11.6 Å². The molecule has 118 valence electrons. The van der Waals surface area contributed by atoms with E-state index >= 15 is 0 Å². The third-order valence-corrected chi connectivity index (χ3v) is 4.42. The van der Waals surface area contributed by atoms with Gasteiger partial charge in [-0.25, -0.2) is 8.78 Å². The van der Waals surface area contributed by atoms with Gasteiger partial charge in [-0.1, -0.05) is 25.3 Å². The van der Waals surface area contributed by atoms with Gasteiger partial charge in [0.2, 0.25) is 0 Å². The molecular weight excluding hydrogens is 268 g/mol. The maximum atomic E-state index is 14.2. The van der Waals surface area contributed by atoms with Crippen LogP contribution >= 0.6 is 0 Å². The van der Waals surface area contributed by atoms with E-state index in [1.807, 2.05) is 0 Å². The molecule has 3 heteroatoms. The second-order valence-corrected chi connectivity index (χ2v) is 7.30. The molecule has 2 rings (SSSR count). The summed E-state index contributed by atoms with van der Waals surface area (Å²) in [7, 11) is 0. The van der Waals surface area contributed by atoms with E-state index in [9.17, 15) is 8.78 Å². The molecule has 2 atom stereocenters. The van der Waals surface area contributed by atoms with Crippen LogP contribution in [0.1, 0.15) is 64.4 Å². The zero-order chi connectivity index (χ0) is 15.5. The summed E-state index contributed by atoms with van der Waals surface area (Å²) in [5.41, 5.74) is 0.761. The molecule has 0 spiro atoms. The molecule has 0 bridgehead atoms. The smallest absolute Gasteiger partial charge is 0.129 e. The Hall–Kier alpha value is -0.960. The maximum Gasteiger partial charge on any atom is 0.129 e. The fourth-order valence-corrected chi connectivity index (χ4v) is 3.28. The number of hydrogen-bond donors (Lipinski definition) is 1. The Morgan fingerprint density at radius 2 is 1.81 bits per heavy atom. The first-order chi connectivity index (χ1) is 9.87. The number of hydrogen-bond acceptors (Lipinski definition) is 1. The molecular formula is C18H27F2N. The highest BCUT2D eigenvalue weighted by atomic mass is 19.1. The largest absolute Gasteiger partial charge is 0.312 e. The minimum absolute atomic E-state index is 0.0677. The topological polar surface area (TPSA) is 12.0 Å². The second kappa shape index (κ2) is 6.87. The molecule has 0 saturated heterocycles. The fourth-order valence-electron chi connectivity index (χ4n) is 3.28. The van der Waals surface area contributed by atoms with Crippen LogP contribution in [0.5, 0.6) is 0 Å². The molecule has 1 nitrogen and oxygen atoms in total. The van der Waals surface area contributed by atoms with Crippen molar-refractivity contribution in [2.75, 3.05) is 6.54 Å². The summed E-state index contributed by atoms with van der Waals surface area (Å²) >= 11 is 0. The molecule has 1 aromatic rings. The number of nitrogens with one attached hydrogen (secondary N) is 1. The monoisotopic (exact) mass is 295 g/mol. The van der Waals surface area contributed by atoms with E-state index in [0.717, 1.165) is 31.9 Å². The van der Waals surface area contributed by atoms with Crippen molar-refractivity contribution in [3.63, 3.8) is 0 Å². The quantitative estimate of drug-likeness (QED) is 0.772. The van der Waals surface area contributed by atoms with E-state index in [1.54, 1.807) is 6.07 Å². The Morgan fingerprint density at radius 1 is 1.10 bits per heavy atom. The van der Waals surface area contributed by atoms with Crippen LogP contribution in [0.4, 0.5) is 8.78 Å². The van der Waals surface area contributed by atoms with E-state index in [2.05, 4.69) is 26.1 Å². The van der Waals surface area contributed by atoms with Gasteiger partial charge in [-0.05, 0) is 63.6 Å². The first-order valence-corrected chi connectivity index (χ1v) is 8.07. The van der Waals surface area contributed by atoms with Crippen LogP contribution in [0.15, 0.2) is 18.2 Å². The summed E-state index contributed by atoms with van der Waals surface area (Å²) in [6.07, 6.45) is 5.66. The van der Waals surface area contributed by atoms with Gasteiger partial charge in [-0.3, -0.25) is 0 Å². The predicted molar refractivity (Wildman–Crippen MR) is 83.4 cm³/mol. The lowest BCUT2D eigenvalue weighted by molar-refractivity contribution is 0.318. The van der Waals surface area contributed by atoms with Crippen LogP contribution in [0.25, 0.3) is 0 Å². The molecule has 1 aliphatic carbocycles. The van der Waals surface area contributed by atoms with Gasteiger partial charge in [0.05, 0.1) is 0 Å². The fraction of sp³-hybridized carbons (Fsp3) is 0.667. The average molecular weight is 295 g/mol. The van der Waals surface area contributed by atoms with Gasteiger partial charge in [0.15, 0.2) is 0 Å². The summed E-state index contributed by atoms with van der Waals surface area (Å²) in [5, 5.41) is 3.55. The lowest BCUT2D eigenvalue weighted by Gasteiger charge is -2.30. The molecule has 1 aliphatic rings. The van der Waals surface area contributed by atoms with Crippen LogP contribution in [0.3, 0.4) is 0 Å². The Balaban J connectivity index is 2.18. The van der Waals surface area contributed by atoms with Crippen molar-refractivity contribution in [2.45, 2.75) is 64.3 Å². The zero-order valence-electron chi connectivity index (χ0n) is 13.4. The van der Waals surface area contributed by atoms with Crippen LogP contribution in [-0.2, 0) is 0 Å². The highest BCUT2D eigenvalue weighted by Gasteiger charge is 2.28. The van der Waals surface area contributed by atoms with Gasteiger partial charge in [-0.2, -0.15) is 0 Å². The van der Waals surface area contributed by atoms with Gasteiger partial charge in [0.25, 0.3) is 0 Å². The third-order valence-electron chi connectivity index (χ3n) is 4.42. The lowest BCUT2D eigenvalue weighted by Crippen LogP contribution is -2.40. The van der Waals surface area contributed by atoms with Crippen LogP contribution in [0.2, 0.25) is 0 Å². The van der Waals surface area contributed by atoms with Crippen molar-refractivity contribution < 1.29 is 8.78 Å². The third kappa shape index (κ3) is 4.77. The molecule has 1 aromatic carbocycles. The summed E-state index contributed by atoms with van der Waals surface area (Å²) in [6, 6.07) is 4.05. The molecule has 0 aliphatic heterocycles.